The number of carbonyl (C=O) groups is 1. The van der Waals surface area contributed by atoms with E-state index in [1.54, 1.807) is 18.3 Å². The van der Waals surface area contributed by atoms with Crippen LogP contribution in [0.25, 0.3) is 0 Å². The van der Waals surface area contributed by atoms with Crippen molar-refractivity contribution in [1.82, 2.24) is 10.3 Å². The molecule has 0 saturated carbocycles. The number of aliphatic hydroxyl groups is 1. The van der Waals surface area contributed by atoms with E-state index in [1.807, 2.05) is 0 Å². The summed E-state index contributed by atoms with van der Waals surface area (Å²) >= 11 is 0. The highest BCUT2D eigenvalue weighted by Gasteiger charge is 2.19. The molecule has 0 spiro atoms. The average Bonchev–Trinajstić information content (AvgIpc) is 2.46. The lowest BCUT2D eigenvalue weighted by molar-refractivity contribution is 0.0694. The van der Waals surface area contributed by atoms with Gasteiger partial charge in [-0.2, -0.15) is 0 Å². The highest BCUT2D eigenvalue weighted by molar-refractivity contribution is 5.94. The highest BCUT2D eigenvalue weighted by Crippen LogP contribution is 2.09. The largest absolute Gasteiger partial charge is 0.384 e. The standard InChI is InChI=1S/C14H16N2O3/c17-8-2-4-11-3-1-7-15-13(11)14(18)16-12-5-9-19-10-6-12/h1,3,7,12,17H,5-6,8-10H2,(H,16,18). The van der Waals surface area contributed by atoms with Crippen LogP contribution in [0.3, 0.4) is 0 Å². The molecule has 2 rings (SSSR count). The molecule has 0 aliphatic carbocycles. The van der Waals surface area contributed by atoms with Gasteiger partial charge in [0.25, 0.3) is 5.91 Å². The summed E-state index contributed by atoms with van der Waals surface area (Å²) < 4.78 is 5.25. The van der Waals surface area contributed by atoms with E-state index in [0.717, 1.165) is 12.8 Å². The molecule has 1 aromatic rings. The van der Waals surface area contributed by atoms with E-state index in [-0.39, 0.29) is 18.6 Å². The molecule has 1 aliphatic heterocycles. The Morgan fingerprint density at radius 2 is 2.32 bits per heavy atom. The zero-order valence-corrected chi connectivity index (χ0v) is 10.6. The number of nitrogens with one attached hydrogen (secondary N) is 1. The van der Waals surface area contributed by atoms with E-state index in [1.165, 1.54) is 0 Å². The predicted octanol–water partition coefficient (Wildman–Crippen LogP) is 0.334. The number of ether oxygens (including phenoxy) is 1. The summed E-state index contributed by atoms with van der Waals surface area (Å²) in [6, 6.07) is 3.56. The van der Waals surface area contributed by atoms with Crippen molar-refractivity contribution in [3.63, 3.8) is 0 Å². The third-order valence-electron chi connectivity index (χ3n) is 2.88. The Labute approximate surface area is 112 Å². The van der Waals surface area contributed by atoms with Gasteiger partial charge >= 0.3 is 0 Å². The van der Waals surface area contributed by atoms with E-state index in [0.29, 0.717) is 24.5 Å². The molecule has 0 aromatic carbocycles. The van der Waals surface area contributed by atoms with Gasteiger partial charge in [0, 0.05) is 25.5 Å². The molecule has 1 fully saturated rings. The molecule has 100 valence electrons. The summed E-state index contributed by atoms with van der Waals surface area (Å²) in [6.07, 6.45) is 3.19. The molecular formula is C14H16N2O3. The average molecular weight is 260 g/mol. The van der Waals surface area contributed by atoms with Gasteiger partial charge in [0.2, 0.25) is 0 Å². The predicted molar refractivity (Wildman–Crippen MR) is 69.5 cm³/mol. The fourth-order valence-corrected chi connectivity index (χ4v) is 1.92. The third-order valence-corrected chi connectivity index (χ3v) is 2.88. The summed E-state index contributed by atoms with van der Waals surface area (Å²) in [5.41, 5.74) is 0.830. The Balaban J connectivity index is 2.09. The van der Waals surface area contributed by atoms with Crippen molar-refractivity contribution in [2.45, 2.75) is 18.9 Å². The highest BCUT2D eigenvalue weighted by atomic mass is 16.5. The van der Waals surface area contributed by atoms with Crippen LogP contribution in [0.5, 0.6) is 0 Å². The fourth-order valence-electron chi connectivity index (χ4n) is 1.92. The van der Waals surface area contributed by atoms with Gasteiger partial charge in [-0.1, -0.05) is 11.8 Å². The van der Waals surface area contributed by atoms with Crippen molar-refractivity contribution in [2.75, 3.05) is 19.8 Å². The van der Waals surface area contributed by atoms with Crippen LogP contribution in [0.1, 0.15) is 28.9 Å². The van der Waals surface area contributed by atoms with E-state index in [4.69, 9.17) is 9.84 Å². The molecule has 1 aliphatic rings. The minimum absolute atomic E-state index is 0.127. The van der Waals surface area contributed by atoms with Crippen LogP contribution in [0, 0.1) is 11.8 Å². The van der Waals surface area contributed by atoms with Crippen LogP contribution < -0.4 is 5.32 Å². The van der Waals surface area contributed by atoms with Crippen molar-refractivity contribution in [3.8, 4) is 11.8 Å². The van der Waals surface area contributed by atoms with Gasteiger partial charge in [0.05, 0.1) is 5.56 Å². The molecule has 19 heavy (non-hydrogen) atoms. The van der Waals surface area contributed by atoms with Crippen molar-refractivity contribution in [2.24, 2.45) is 0 Å². The molecule has 2 heterocycles. The van der Waals surface area contributed by atoms with Gasteiger partial charge < -0.3 is 15.2 Å². The van der Waals surface area contributed by atoms with Crippen LogP contribution in [-0.2, 0) is 4.74 Å². The second kappa shape index (κ2) is 6.88. The normalized spacial score (nSPS) is 15.4. The molecule has 2 N–H and O–H groups in total. The maximum Gasteiger partial charge on any atom is 0.271 e. The van der Waals surface area contributed by atoms with Crippen LogP contribution in [0.4, 0.5) is 0 Å². The zero-order chi connectivity index (χ0) is 13.5. The number of rotatable bonds is 2. The SMILES string of the molecule is O=C(NC1CCOCC1)c1ncccc1C#CCO. The number of hydrogen-bond donors (Lipinski definition) is 2. The van der Waals surface area contributed by atoms with Crippen LogP contribution >= 0.6 is 0 Å². The summed E-state index contributed by atoms with van der Waals surface area (Å²) in [6.45, 7) is 1.10. The van der Waals surface area contributed by atoms with Gasteiger partial charge in [-0.15, -0.1) is 0 Å². The number of amides is 1. The first-order chi connectivity index (χ1) is 9.31. The van der Waals surface area contributed by atoms with Gasteiger partial charge in [-0.3, -0.25) is 4.79 Å². The lowest BCUT2D eigenvalue weighted by atomic mass is 10.1. The van der Waals surface area contributed by atoms with Gasteiger partial charge in [0.1, 0.15) is 12.3 Å². The Bertz CT molecular complexity index is 499. The van der Waals surface area contributed by atoms with Crippen molar-refractivity contribution in [1.29, 1.82) is 0 Å². The first-order valence-corrected chi connectivity index (χ1v) is 6.24. The quantitative estimate of drug-likeness (QED) is 0.752. The molecule has 1 amide bonds. The Morgan fingerprint density at radius 3 is 3.05 bits per heavy atom. The zero-order valence-electron chi connectivity index (χ0n) is 10.6. The maximum absolute atomic E-state index is 12.2. The van der Waals surface area contributed by atoms with Crippen molar-refractivity contribution in [3.05, 3.63) is 29.6 Å². The lowest BCUT2D eigenvalue weighted by Crippen LogP contribution is -2.39. The van der Waals surface area contributed by atoms with E-state index >= 15 is 0 Å². The Morgan fingerprint density at radius 1 is 1.53 bits per heavy atom. The summed E-state index contributed by atoms with van der Waals surface area (Å²) in [5, 5.41) is 11.6. The minimum atomic E-state index is -0.240. The fraction of sp³-hybridized carbons (Fsp3) is 0.429. The van der Waals surface area contributed by atoms with Crippen molar-refractivity contribution < 1.29 is 14.6 Å². The number of hydrogen-bond acceptors (Lipinski definition) is 4. The molecule has 0 unspecified atom stereocenters. The number of pyridine rings is 1. The Kier molecular flexibility index (Phi) is 4.90. The lowest BCUT2D eigenvalue weighted by Gasteiger charge is -2.23. The minimum Gasteiger partial charge on any atom is -0.384 e. The first-order valence-electron chi connectivity index (χ1n) is 6.24. The number of carbonyl (C=O) groups excluding carboxylic acids is 1. The molecule has 5 heteroatoms. The molecular weight excluding hydrogens is 244 g/mol. The maximum atomic E-state index is 12.2. The van der Waals surface area contributed by atoms with Crippen LogP contribution in [0.15, 0.2) is 18.3 Å². The second-order valence-corrected chi connectivity index (χ2v) is 4.22. The summed E-state index contributed by atoms with van der Waals surface area (Å²) in [5.74, 6) is 5.03. The van der Waals surface area contributed by atoms with Crippen molar-refractivity contribution >= 4 is 5.91 Å². The van der Waals surface area contributed by atoms with E-state index in [2.05, 4.69) is 22.1 Å². The first kappa shape index (κ1) is 13.5. The summed E-state index contributed by atoms with van der Waals surface area (Å²) in [7, 11) is 0. The van der Waals surface area contributed by atoms with Gasteiger partial charge in [-0.05, 0) is 25.0 Å². The van der Waals surface area contributed by atoms with Gasteiger partial charge in [0.15, 0.2) is 0 Å². The smallest absolute Gasteiger partial charge is 0.271 e. The molecule has 5 nitrogen and oxygen atoms in total. The summed E-state index contributed by atoms with van der Waals surface area (Å²) in [4.78, 5) is 16.2. The molecule has 1 aromatic heterocycles. The molecule has 0 radical (unpaired) electrons. The number of aromatic nitrogens is 1. The van der Waals surface area contributed by atoms with Crippen LogP contribution in [-0.4, -0.2) is 41.9 Å². The van der Waals surface area contributed by atoms with Crippen LogP contribution in [0.2, 0.25) is 0 Å². The molecule has 0 bridgehead atoms. The monoisotopic (exact) mass is 260 g/mol. The third kappa shape index (κ3) is 3.78. The molecule has 1 saturated heterocycles. The van der Waals surface area contributed by atoms with E-state index in [9.17, 15) is 4.79 Å². The molecule has 0 atom stereocenters. The van der Waals surface area contributed by atoms with E-state index < -0.39 is 0 Å². The number of nitrogens with zero attached hydrogens (tertiary/aromatic N) is 1. The van der Waals surface area contributed by atoms with Gasteiger partial charge in [-0.25, -0.2) is 4.98 Å². The second-order valence-electron chi connectivity index (χ2n) is 4.22. The Hall–Kier alpha value is -1.90. The number of aliphatic hydroxyl groups excluding tert-OH is 1. The topological polar surface area (TPSA) is 71.5 Å².